The van der Waals surface area contributed by atoms with Crippen molar-refractivity contribution in [2.75, 3.05) is 20.1 Å². The Labute approximate surface area is 58.8 Å². The van der Waals surface area contributed by atoms with Crippen LogP contribution in [0.25, 0.3) is 0 Å². The third kappa shape index (κ3) is 5.88. The minimum atomic E-state index is -4.01. The molecule has 0 aromatic rings. The van der Waals surface area contributed by atoms with Gasteiger partial charge in [-0.05, 0) is 13.6 Å². The highest BCUT2D eigenvalue weighted by atomic mass is 19.4. The Morgan fingerprint density at radius 1 is 1.30 bits per heavy atom. The largest absolute Gasteiger partial charge is 0.390 e. The highest BCUT2D eigenvalue weighted by molar-refractivity contribution is 4.54. The fourth-order valence-corrected chi connectivity index (χ4v) is 0.476. The van der Waals surface area contributed by atoms with Crippen LogP contribution in [0, 0.1) is 0 Å². The second-order valence-corrected chi connectivity index (χ2v) is 2.26. The van der Waals surface area contributed by atoms with Crippen LogP contribution in [0.4, 0.5) is 13.2 Å². The van der Waals surface area contributed by atoms with Gasteiger partial charge in [-0.2, -0.15) is 13.2 Å². The zero-order valence-corrected chi connectivity index (χ0v) is 6.20. The molecule has 0 rings (SSSR count). The Hall–Kier alpha value is -0.250. The number of hydrogen-bond acceptors (Lipinski definition) is 1. The van der Waals surface area contributed by atoms with Crippen LogP contribution in [-0.2, 0) is 0 Å². The second-order valence-electron chi connectivity index (χ2n) is 2.26. The maximum atomic E-state index is 11.5. The molecule has 0 radical (unpaired) electrons. The minimum Gasteiger partial charge on any atom is -0.306 e. The van der Waals surface area contributed by atoms with Gasteiger partial charge in [0.2, 0.25) is 0 Å². The minimum absolute atomic E-state index is 0.0972. The van der Waals surface area contributed by atoms with Crippen molar-refractivity contribution in [2.45, 2.75) is 19.5 Å². The zero-order valence-electron chi connectivity index (χ0n) is 6.20. The smallest absolute Gasteiger partial charge is 0.306 e. The van der Waals surface area contributed by atoms with E-state index in [1.165, 1.54) is 0 Å². The Bertz CT molecular complexity index is 89.5. The van der Waals surface area contributed by atoms with Crippen molar-refractivity contribution in [2.24, 2.45) is 0 Å². The SMILES string of the molecule is CCN(C)CCC(F)(F)F. The summed E-state index contributed by atoms with van der Waals surface area (Å²) in [6.45, 7) is 2.59. The quantitative estimate of drug-likeness (QED) is 0.601. The van der Waals surface area contributed by atoms with Gasteiger partial charge < -0.3 is 4.90 Å². The molecule has 4 heteroatoms. The van der Waals surface area contributed by atoms with Crippen molar-refractivity contribution in [1.29, 1.82) is 0 Å². The van der Waals surface area contributed by atoms with Gasteiger partial charge in [-0.25, -0.2) is 0 Å². The lowest BCUT2D eigenvalue weighted by Crippen LogP contribution is -2.23. The summed E-state index contributed by atoms with van der Waals surface area (Å²) in [5, 5.41) is 0. The molecule has 0 N–H and O–H groups in total. The average molecular weight is 155 g/mol. The van der Waals surface area contributed by atoms with E-state index >= 15 is 0 Å². The molecule has 0 aliphatic rings. The summed E-state index contributed by atoms with van der Waals surface area (Å²) < 4.78 is 34.6. The molecule has 0 aliphatic heterocycles. The Morgan fingerprint density at radius 3 is 2.10 bits per heavy atom. The molecule has 62 valence electrons. The predicted molar refractivity (Wildman–Crippen MR) is 33.8 cm³/mol. The first-order chi connectivity index (χ1) is 4.45. The molecule has 0 bridgehead atoms. The summed E-state index contributed by atoms with van der Waals surface area (Å²) in [4.78, 5) is 1.63. The van der Waals surface area contributed by atoms with Gasteiger partial charge in [-0.15, -0.1) is 0 Å². The van der Waals surface area contributed by atoms with Crippen LogP contribution in [0.5, 0.6) is 0 Å². The molecule has 0 spiro atoms. The van der Waals surface area contributed by atoms with Crippen LogP contribution in [0.2, 0.25) is 0 Å². The van der Waals surface area contributed by atoms with Gasteiger partial charge in [0.05, 0.1) is 6.42 Å². The average Bonchev–Trinajstić information content (AvgIpc) is 1.81. The van der Waals surface area contributed by atoms with Gasteiger partial charge in [0, 0.05) is 6.54 Å². The molecule has 0 atom stereocenters. The molecule has 1 nitrogen and oxygen atoms in total. The van der Waals surface area contributed by atoms with E-state index in [1.807, 2.05) is 6.92 Å². The number of nitrogens with zero attached hydrogens (tertiary/aromatic N) is 1. The van der Waals surface area contributed by atoms with Crippen LogP contribution in [-0.4, -0.2) is 31.2 Å². The third-order valence-electron chi connectivity index (χ3n) is 1.32. The fourth-order valence-electron chi connectivity index (χ4n) is 0.476. The van der Waals surface area contributed by atoms with Crippen molar-refractivity contribution >= 4 is 0 Å². The molecule has 0 saturated carbocycles. The van der Waals surface area contributed by atoms with E-state index in [-0.39, 0.29) is 6.54 Å². The van der Waals surface area contributed by atoms with Crippen molar-refractivity contribution in [3.63, 3.8) is 0 Å². The lowest BCUT2D eigenvalue weighted by atomic mass is 10.4. The maximum Gasteiger partial charge on any atom is 0.390 e. The fraction of sp³-hybridized carbons (Fsp3) is 1.00. The molecule has 0 heterocycles. The Morgan fingerprint density at radius 2 is 1.80 bits per heavy atom. The van der Waals surface area contributed by atoms with Crippen molar-refractivity contribution in [3.8, 4) is 0 Å². The first kappa shape index (κ1) is 9.75. The van der Waals surface area contributed by atoms with Crippen LogP contribution >= 0.6 is 0 Å². The summed E-state index contributed by atoms with van der Waals surface area (Å²) in [7, 11) is 1.67. The standard InChI is InChI=1S/C6H12F3N/c1-3-10(2)5-4-6(7,8)9/h3-5H2,1-2H3. The summed E-state index contributed by atoms with van der Waals surface area (Å²) in [5.41, 5.74) is 0. The first-order valence-electron chi connectivity index (χ1n) is 3.21. The Balaban J connectivity index is 3.36. The highest BCUT2D eigenvalue weighted by Crippen LogP contribution is 2.19. The molecule has 0 aromatic carbocycles. The van der Waals surface area contributed by atoms with E-state index in [1.54, 1.807) is 11.9 Å². The number of hydrogen-bond donors (Lipinski definition) is 0. The van der Waals surface area contributed by atoms with Crippen molar-refractivity contribution < 1.29 is 13.2 Å². The van der Waals surface area contributed by atoms with E-state index in [2.05, 4.69) is 0 Å². The second kappa shape index (κ2) is 3.81. The van der Waals surface area contributed by atoms with E-state index in [0.717, 1.165) is 0 Å². The first-order valence-corrected chi connectivity index (χ1v) is 3.21. The molecular formula is C6H12F3N. The van der Waals surface area contributed by atoms with Gasteiger partial charge >= 0.3 is 6.18 Å². The monoisotopic (exact) mass is 155 g/mol. The molecule has 0 aromatic heterocycles. The van der Waals surface area contributed by atoms with Crippen LogP contribution in [0.1, 0.15) is 13.3 Å². The summed E-state index contributed by atoms with van der Waals surface area (Å²) in [6.07, 6.45) is -4.72. The van der Waals surface area contributed by atoms with Gasteiger partial charge in [0.25, 0.3) is 0 Å². The maximum absolute atomic E-state index is 11.5. The molecule has 0 saturated heterocycles. The van der Waals surface area contributed by atoms with Gasteiger partial charge in [0.1, 0.15) is 0 Å². The van der Waals surface area contributed by atoms with E-state index < -0.39 is 12.6 Å². The molecule has 10 heavy (non-hydrogen) atoms. The van der Waals surface area contributed by atoms with Crippen LogP contribution in [0.3, 0.4) is 0 Å². The van der Waals surface area contributed by atoms with Crippen LogP contribution in [0.15, 0.2) is 0 Å². The van der Waals surface area contributed by atoms with Gasteiger partial charge in [0.15, 0.2) is 0 Å². The molecule has 0 fully saturated rings. The predicted octanol–water partition coefficient (Wildman–Crippen LogP) is 1.89. The lowest BCUT2D eigenvalue weighted by Gasteiger charge is -2.14. The number of rotatable bonds is 3. The summed E-state index contributed by atoms with van der Waals surface area (Å²) in [6, 6.07) is 0. The normalized spacial score (nSPS) is 12.6. The topological polar surface area (TPSA) is 3.24 Å². The van der Waals surface area contributed by atoms with Crippen molar-refractivity contribution in [1.82, 2.24) is 4.90 Å². The zero-order chi connectivity index (χ0) is 8.20. The van der Waals surface area contributed by atoms with E-state index in [0.29, 0.717) is 6.54 Å². The third-order valence-corrected chi connectivity index (χ3v) is 1.32. The summed E-state index contributed by atoms with van der Waals surface area (Å²) in [5.74, 6) is 0. The summed E-state index contributed by atoms with van der Waals surface area (Å²) >= 11 is 0. The highest BCUT2D eigenvalue weighted by Gasteiger charge is 2.26. The number of alkyl halides is 3. The van der Waals surface area contributed by atoms with Gasteiger partial charge in [-0.1, -0.05) is 6.92 Å². The molecule has 0 amide bonds. The molecule has 0 aliphatic carbocycles. The lowest BCUT2D eigenvalue weighted by molar-refractivity contribution is -0.137. The molecular weight excluding hydrogens is 143 g/mol. The van der Waals surface area contributed by atoms with E-state index in [4.69, 9.17) is 0 Å². The Kier molecular flexibility index (Phi) is 3.71. The van der Waals surface area contributed by atoms with E-state index in [9.17, 15) is 13.2 Å². The molecule has 0 unspecified atom stereocenters. The van der Waals surface area contributed by atoms with Crippen LogP contribution < -0.4 is 0 Å². The number of halogens is 3. The van der Waals surface area contributed by atoms with Crippen molar-refractivity contribution in [3.05, 3.63) is 0 Å². The van der Waals surface area contributed by atoms with Gasteiger partial charge in [-0.3, -0.25) is 0 Å².